The van der Waals surface area contributed by atoms with E-state index in [4.69, 9.17) is 14.7 Å². The van der Waals surface area contributed by atoms with E-state index in [1.54, 1.807) is 0 Å². The molecule has 1 rings (SSSR count). The van der Waals surface area contributed by atoms with E-state index >= 15 is 0 Å². The molecule has 3 nitrogen and oxygen atoms in total. The van der Waals surface area contributed by atoms with Crippen molar-refractivity contribution in [3.05, 3.63) is 0 Å². The highest BCUT2D eigenvalue weighted by Gasteiger charge is 2.17. The maximum absolute atomic E-state index is 8.50. The van der Waals surface area contributed by atoms with Crippen LogP contribution in [-0.2, 0) is 9.47 Å². The smallest absolute Gasteiger partial charge is 0.0809 e. The van der Waals surface area contributed by atoms with Gasteiger partial charge in [-0.2, -0.15) is 5.26 Å². The average Bonchev–Trinajstić information content (AvgIpc) is 2.64. The predicted molar refractivity (Wildman–Crippen MR) is 49.2 cm³/mol. The summed E-state index contributed by atoms with van der Waals surface area (Å²) in [5.41, 5.74) is 0. The molecule has 1 aliphatic rings. The fraction of sp³-hybridized carbons (Fsp3) is 0.900. The van der Waals surface area contributed by atoms with Crippen LogP contribution in [0.2, 0.25) is 0 Å². The molecule has 0 bridgehead atoms. The minimum absolute atomic E-state index is 0.0919. The largest absolute Gasteiger partial charge is 0.376 e. The Hall–Kier alpha value is -0.590. The minimum Gasteiger partial charge on any atom is -0.376 e. The maximum Gasteiger partial charge on any atom is 0.0809 e. The van der Waals surface area contributed by atoms with Crippen molar-refractivity contribution in [1.29, 1.82) is 5.26 Å². The van der Waals surface area contributed by atoms with Crippen LogP contribution in [0, 0.1) is 11.3 Å². The van der Waals surface area contributed by atoms with E-state index in [0.717, 1.165) is 25.9 Å². The number of nitrogens with zero attached hydrogens (tertiary/aromatic N) is 1. The van der Waals surface area contributed by atoms with Gasteiger partial charge in [0.05, 0.1) is 31.3 Å². The van der Waals surface area contributed by atoms with E-state index in [2.05, 4.69) is 6.07 Å². The van der Waals surface area contributed by atoms with Gasteiger partial charge in [0.25, 0.3) is 0 Å². The highest BCUT2D eigenvalue weighted by atomic mass is 16.5. The van der Waals surface area contributed by atoms with Crippen LogP contribution in [0.25, 0.3) is 0 Å². The highest BCUT2D eigenvalue weighted by molar-refractivity contribution is 4.76. The van der Waals surface area contributed by atoms with Crippen LogP contribution >= 0.6 is 0 Å². The van der Waals surface area contributed by atoms with Crippen molar-refractivity contribution in [2.45, 2.75) is 44.8 Å². The van der Waals surface area contributed by atoms with Crippen LogP contribution in [0.4, 0.5) is 0 Å². The lowest BCUT2D eigenvalue weighted by molar-refractivity contribution is -0.0197. The van der Waals surface area contributed by atoms with Crippen molar-refractivity contribution >= 4 is 0 Å². The SMILES string of the molecule is CCC(CC#N)OCC1CCCO1. The topological polar surface area (TPSA) is 42.2 Å². The Kier molecular flexibility index (Phi) is 4.81. The molecule has 0 aromatic heterocycles. The fourth-order valence-electron chi connectivity index (χ4n) is 1.44. The number of ether oxygens (including phenoxy) is 2. The molecule has 0 aromatic rings. The van der Waals surface area contributed by atoms with Gasteiger partial charge in [0.15, 0.2) is 0 Å². The monoisotopic (exact) mass is 183 g/mol. The van der Waals surface area contributed by atoms with Gasteiger partial charge in [-0.3, -0.25) is 0 Å². The summed E-state index contributed by atoms with van der Waals surface area (Å²) in [5.74, 6) is 0. The van der Waals surface area contributed by atoms with Gasteiger partial charge in [0.1, 0.15) is 0 Å². The minimum atomic E-state index is 0.0919. The summed E-state index contributed by atoms with van der Waals surface area (Å²) in [6, 6.07) is 2.13. The van der Waals surface area contributed by atoms with Gasteiger partial charge in [0, 0.05) is 6.61 Å². The van der Waals surface area contributed by atoms with Crippen molar-refractivity contribution in [2.24, 2.45) is 0 Å². The molecular formula is C10H17NO2. The lowest BCUT2D eigenvalue weighted by Crippen LogP contribution is -2.20. The second-order valence-corrected chi connectivity index (χ2v) is 3.36. The Morgan fingerprint density at radius 1 is 1.69 bits per heavy atom. The van der Waals surface area contributed by atoms with Crippen LogP contribution < -0.4 is 0 Å². The first-order chi connectivity index (χ1) is 6.36. The Morgan fingerprint density at radius 2 is 2.54 bits per heavy atom. The molecule has 1 saturated heterocycles. The number of hydrogen-bond acceptors (Lipinski definition) is 3. The molecule has 0 saturated carbocycles. The zero-order valence-electron chi connectivity index (χ0n) is 8.16. The summed E-state index contributed by atoms with van der Waals surface area (Å²) >= 11 is 0. The van der Waals surface area contributed by atoms with Gasteiger partial charge >= 0.3 is 0 Å². The van der Waals surface area contributed by atoms with E-state index in [9.17, 15) is 0 Å². The third kappa shape index (κ3) is 3.75. The molecule has 0 spiro atoms. The maximum atomic E-state index is 8.50. The Morgan fingerprint density at radius 3 is 3.08 bits per heavy atom. The van der Waals surface area contributed by atoms with Crippen LogP contribution in [0.3, 0.4) is 0 Å². The van der Waals surface area contributed by atoms with Crippen molar-refractivity contribution in [3.8, 4) is 6.07 Å². The molecule has 13 heavy (non-hydrogen) atoms. The van der Waals surface area contributed by atoms with Gasteiger partial charge < -0.3 is 9.47 Å². The van der Waals surface area contributed by atoms with Crippen LogP contribution in [-0.4, -0.2) is 25.4 Å². The lowest BCUT2D eigenvalue weighted by atomic mass is 10.2. The van der Waals surface area contributed by atoms with Crippen LogP contribution in [0.15, 0.2) is 0 Å². The molecule has 0 aliphatic carbocycles. The van der Waals surface area contributed by atoms with Crippen LogP contribution in [0.5, 0.6) is 0 Å². The Bertz CT molecular complexity index is 170. The Labute approximate surface area is 79.6 Å². The third-order valence-electron chi connectivity index (χ3n) is 2.32. The highest BCUT2D eigenvalue weighted by Crippen LogP contribution is 2.14. The predicted octanol–water partition coefficient (Wildman–Crippen LogP) is 1.87. The molecule has 0 radical (unpaired) electrons. The summed E-state index contributed by atoms with van der Waals surface area (Å²) in [7, 11) is 0. The summed E-state index contributed by atoms with van der Waals surface area (Å²) in [5, 5.41) is 8.50. The van der Waals surface area contributed by atoms with Crippen molar-refractivity contribution < 1.29 is 9.47 Å². The standard InChI is InChI=1S/C10H17NO2/c1-2-9(5-6-11)13-8-10-4-3-7-12-10/h9-10H,2-5,7-8H2,1H3. The summed E-state index contributed by atoms with van der Waals surface area (Å²) in [4.78, 5) is 0. The van der Waals surface area contributed by atoms with Gasteiger partial charge in [-0.1, -0.05) is 6.92 Å². The quantitative estimate of drug-likeness (QED) is 0.653. The molecule has 0 amide bonds. The second kappa shape index (κ2) is 5.95. The molecule has 1 fully saturated rings. The number of nitriles is 1. The molecular weight excluding hydrogens is 166 g/mol. The molecule has 0 N–H and O–H groups in total. The molecule has 1 heterocycles. The second-order valence-electron chi connectivity index (χ2n) is 3.36. The summed E-state index contributed by atoms with van der Waals surface area (Å²) in [6.07, 6.45) is 4.00. The molecule has 2 atom stereocenters. The average molecular weight is 183 g/mol. The molecule has 74 valence electrons. The molecule has 2 unspecified atom stereocenters. The number of rotatable bonds is 5. The van der Waals surface area contributed by atoms with Gasteiger partial charge in [-0.05, 0) is 19.3 Å². The van der Waals surface area contributed by atoms with Crippen molar-refractivity contribution in [2.75, 3.05) is 13.2 Å². The van der Waals surface area contributed by atoms with E-state index in [0.29, 0.717) is 13.0 Å². The zero-order valence-corrected chi connectivity index (χ0v) is 8.16. The Balaban J connectivity index is 2.11. The van der Waals surface area contributed by atoms with E-state index < -0.39 is 0 Å². The third-order valence-corrected chi connectivity index (χ3v) is 2.32. The van der Waals surface area contributed by atoms with Gasteiger partial charge in [-0.25, -0.2) is 0 Å². The number of hydrogen-bond donors (Lipinski definition) is 0. The molecule has 1 aliphatic heterocycles. The summed E-state index contributed by atoms with van der Waals surface area (Å²) in [6.45, 7) is 3.56. The fourth-order valence-corrected chi connectivity index (χ4v) is 1.44. The van der Waals surface area contributed by atoms with E-state index in [-0.39, 0.29) is 12.2 Å². The van der Waals surface area contributed by atoms with Gasteiger partial charge in [-0.15, -0.1) is 0 Å². The van der Waals surface area contributed by atoms with E-state index in [1.807, 2.05) is 6.92 Å². The lowest BCUT2D eigenvalue weighted by Gasteiger charge is -2.15. The van der Waals surface area contributed by atoms with Crippen molar-refractivity contribution in [1.82, 2.24) is 0 Å². The normalized spacial score (nSPS) is 24.2. The zero-order chi connectivity index (χ0) is 9.52. The van der Waals surface area contributed by atoms with Gasteiger partial charge in [0.2, 0.25) is 0 Å². The summed E-state index contributed by atoms with van der Waals surface area (Å²) < 4.78 is 11.0. The molecule has 3 heteroatoms. The first kappa shape index (κ1) is 10.5. The van der Waals surface area contributed by atoms with Crippen molar-refractivity contribution in [3.63, 3.8) is 0 Å². The molecule has 0 aromatic carbocycles. The van der Waals surface area contributed by atoms with E-state index in [1.165, 1.54) is 0 Å². The van der Waals surface area contributed by atoms with Crippen LogP contribution in [0.1, 0.15) is 32.6 Å². The first-order valence-corrected chi connectivity index (χ1v) is 4.97. The first-order valence-electron chi connectivity index (χ1n) is 4.97.